The number of ketones is 1. The number of thiol groups is 1. The van der Waals surface area contributed by atoms with Crippen LogP contribution < -0.4 is 0 Å². The minimum absolute atomic E-state index is 0.102. The molecule has 0 unspecified atom stereocenters. The summed E-state index contributed by atoms with van der Waals surface area (Å²) < 4.78 is 8.17. The molecule has 0 saturated carbocycles. The van der Waals surface area contributed by atoms with Crippen LogP contribution in [-0.4, -0.2) is 26.2 Å². The van der Waals surface area contributed by atoms with Crippen molar-refractivity contribution in [1.29, 1.82) is 0 Å². The number of azo groups is 1. The molecule has 1 heterocycles. The smallest absolute Gasteiger partial charge is 0.318 e. The number of rotatable bonds is 6. The molecule has 0 aromatic carbocycles. The minimum Gasteiger partial charge on any atom is -0.510 e. The summed E-state index contributed by atoms with van der Waals surface area (Å²) in [5, 5.41) is 16.8. The zero-order chi connectivity index (χ0) is 15.1. The van der Waals surface area contributed by atoms with Crippen LogP contribution >= 0.6 is 24.4 Å². The molecule has 0 fully saturated rings. The molecule has 1 aromatic rings. The number of nitrogens with zero attached hydrogens (tertiary/aromatic N) is 4. The fourth-order valence-electron chi connectivity index (χ4n) is 1.14. The standard InChI is InChI=1S/C10H12N4O4S2/c1-5(15)9(6(2)16)12-13-10-11-7(14-20-10)3-4-8(17)18-19/h15,19H,3-4H2,1-2H3/b9-5-,13-12?. The molecule has 0 aliphatic carbocycles. The molecule has 1 rings (SSSR count). The Morgan fingerprint density at radius 1 is 1.45 bits per heavy atom. The van der Waals surface area contributed by atoms with Gasteiger partial charge in [-0.2, -0.15) is 4.37 Å². The molecule has 1 aromatic heterocycles. The van der Waals surface area contributed by atoms with E-state index in [-0.39, 0.29) is 23.0 Å². The Bertz CT molecular complexity index is 563. The topological polar surface area (TPSA) is 114 Å². The first-order valence-electron chi connectivity index (χ1n) is 5.43. The van der Waals surface area contributed by atoms with Crippen molar-refractivity contribution in [2.24, 2.45) is 10.2 Å². The highest BCUT2D eigenvalue weighted by Gasteiger charge is 2.09. The molecule has 0 aliphatic rings. The number of hydrogen-bond acceptors (Lipinski definition) is 10. The molecule has 0 atom stereocenters. The van der Waals surface area contributed by atoms with E-state index < -0.39 is 11.8 Å². The molecule has 0 radical (unpaired) electrons. The number of carbonyl (C=O) groups excluding carboxylic acids is 2. The average molecular weight is 316 g/mol. The van der Waals surface area contributed by atoms with Crippen LogP contribution in [0.4, 0.5) is 5.13 Å². The van der Waals surface area contributed by atoms with Crippen LogP contribution in [-0.2, 0) is 20.2 Å². The quantitative estimate of drug-likeness (QED) is 0.274. The van der Waals surface area contributed by atoms with Crippen molar-refractivity contribution in [2.75, 3.05) is 0 Å². The Kier molecular flexibility index (Phi) is 6.25. The summed E-state index contributed by atoms with van der Waals surface area (Å²) in [6.45, 7) is 2.60. The van der Waals surface area contributed by atoms with Crippen molar-refractivity contribution >= 4 is 41.3 Å². The van der Waals surface area contributed by atoms with Crippen LogP contribution in [0.1, 0.15) is 26.1 Å². The summed E-state index contributed by atoms with van der Waals surface area (Å²) in [5.74, 6) is -0.696. The lowest BCUT2D eigenvalue weighted by Gasteiger charge is -1.94. The van der Waals surface area contributed by atoms with Gasteiger partial charge in [0.1, 0.15) is 11.6 Å². The first-order chi connectivity index (χ1) is 9.43. The van der Waals surface area contributed by atoms with E-state index in [1.807, 2.05) is 0 Å². The number of carbonyl (C=O) groups is 2. The molecular weight excluding hydrogens is 304 g/mol. The third kappa shape index (κ3) is 5.05. The van der Waals surface area contributed by atoms with E-state index in [0.29, 0.717) is 12.2 Å². The maximum absolute atomic E-state index is 11.2. The van der Waals surface area contributed by atoms with Crippen molar-refractivity contribution < 1.29 is 18.9 Å². The summed E-state index contributed by atoms with van der Waals surface area (Å²) in [6.07, 6.45) is 0.394. The van der Waals surface area contributed by atoms with Gasteiger partial charge in [-0.3, -0.25) is 9.59 Å². The van der Waals surface area contributed by atoms with Crippen molar-refractivity contribution in [3.8, 4) is 0 Å². The number of aliphatic hydroxyl groups excluding tert-OH is 1. The largest absolute Gasteiger partial charge is 0.510 e. The molecule has 0 saturated heterocycles. The van der Waals surface area contributed by atoms with E-state index in [1.54, 1.807) is 0 Å². The maximum atomic E-state index is 11.2. The lowest BCUT2D eigenvalue weighted by atomic mass is 10.3. The number of aryl methyl sites for hydroxylation is 1. The van der Waals surface area contributed by atoms with Gasteiger partial charge >= 0.3 is 5.97 Å². The Labute approximate surface area is 124 Å². The van der Waals surface area contributed by atoms with Gasteiger partial charge < -0.3 is 9.29 Å². The normalized spacial score (nSPS) is 12.3. The van der Waals surface area contributed by atoms with Gasteiger partial charge in [-0.05, 0) is 6.92 Å². The van der Waals surface area contributed by atoms with Crippen LogP contribution in [0.3, 0.4) is 0 Å². The first kappa shape index (κ1) is 16.2. The van der Waals surface area contributed by atoms with Crippen molar-refractivity contribution in [1.82, 2.24) is 9.36 Å². The molecule has 8 nitrogen and oxygen atoms in total. The molecule has 0 spiro atoms. The van der Waals surface area contributed by atoms with Crippen molar-refractivity contribution in [3.05, 3.63) is 17.3 Å². The fraction of sp³-hybridized carbons (Fsp3) is 0.400. The highest BCUT2D eigenvalue weighted by atomic mass is 32.1. The van der Waals surface area contributed by atoms with Gasteiger partial charge in [0.25, 0.3) is 0 Å². The highest BCUT2D eigenvalue weighted by molar-refractivity contribution is 7.75. The van der Waals surface area contributed by atoms with E-state index in [9.17, 15) is 14.7 Å². The van der Waals surface area contributed by atoms with Crippen molar-refractivity contribution in [3.63, 3.8) is 0 Å². The third-order valence-electron chi connectivity index (χ3n) is 2.02. The van der Waals surface area contributed by atoms with Crippen LogP contribution in [0.15, 0.2) is 21.7 Å². The Morgan fingerprint density at radius 3 is 2.70 bits per heavy atom. The van der Waals surface area contributed by atoms with Crippen LogP contribution in [0, 0.1) is 0 Å². The van der Waals surface area contributed by atoms with Gasteiger partial charge in [-0.25, -0.2) is 4.98 Å². The Morgan fingerprint density at radius 2 is 2.15 bits per heavy atom. The lowest BCUT2D eigenvalue weighted by molar-refractivity contribution is -0.132. The van der Waals surface area contributed by atoms with Crippen molar-refractivity contribution in [2.45, 2.75) is 26.7 Å². The van der Waals surface area contributed by atoms with Gasteiger partial charge in [0, 0.05) is 37.8 Å². The monoisotopic (exact) mass is 316 g/mol. The fourth-order valence-corrected chi connectivity index (χ4v) is 1.77. The second kappa shape index (κ2) is 7.70. The zero-order valence-corrected chi connectivity index (χ0v) is 12.4. The summed E-state index contributed by atoms with van der Waals surface area (Å²) in [5.41, 5.74) is -0.139. The predicted molar refractivity (Wildman–Crippen MR) is 73.8 cm³/mol. The Balaban J connectivity index is 2.71. The second-order valence-corrected chi connectivity index (χ2v) is 4.56. The maximum Gasteiger partial charge on any atom is 0.318 e. The molecule has 1 N–H and O–H groups in total. The molecular formula is C10H12N4O4S2. The Hall–Kier alpha value is -1.81. The molecule has 108 valence electrons. The number of aromatic nitrogens is 2. The number of Topliss-reactive ketones (excluding diaryl/α,β-unsaturated/α-hetero) is 1. The SMILES string of the molecule is CC(=O)/C(N=Nc1nc(CCC(=O)OS)ns1)=C(\C)O. The molecule has 0 amide bonds. The van der Waals surface area contributed by atoms with Gasteiger partial charge in [0.15, 0.2) is 11.5 Å². The number of aliphatic hydroxyl groups is 1. The predicted octanol–water partition coefficient (Wildman–Crippen LogP) is 2.32. The molecule has 10 heteroatoms. The first-order valence-corrected chi connectivity index (χ1v) is 6.57. The van der Waals surface area contributed by atoms with Gasteiger partial charge in [0.2, 0.25) is 5.13 Å². The second-order valence-electron chi connectivity index (χ2n) is 3.65. The summed E-state index contributed by atoms with van der Waals surface area (Å²) >= 11 is 4.35. The minimum atomic E-state index is -0.482. The molecule has 0 bridgehead atoms. The summed E-state index contributed by atoms with van der Waals surface area (Å²) in [7, 11) is 0. The van der Waals surface area contributed by atoms with E-state index in [1.165, 1.54) is 13.8 Å². The van der Waals surface area contributed by atoms with Crippen LogP contribution in [0.25, 0.3) is 0 Å². The van der Waals surface area contributed by atoms with Gasteiger partial charge in [-0.15, -0.1) is 10.2 Å². The van der Waals surface area contributed by atoms with E-state index in [0.717, 1.165) is 11.5 Å². The summed E-state index contributed by atoms with van der Waals surface area (Å²) in [4.78, 5) is 26.1. The van der Waals surface area contributed by atoms with Crippen LogP contribution in [0.5, 0.6) is 0 Å². The van der Waals surface area contributed by atoms with Crippen LogP contribution in [0.2, 0.25) is 0 Å². The molecule has 0 aliphatic heterocycles. The zero-order valence-electron chi connectivity index (χ0n) is 10.7. The highest BCUT2D eigenvalue weighted by Crippen LogP contribution is 2.18. The number of hydrogen-bond donors (Lipinski definition) is 2. The lowest BCUT2D eigenvalue weighted by Crippen LogP contribution is -2.00. The van der Waals surface area contributed by atoms with Gasteiger partial charge in [-0.1, -0.05) is 0 Å². The summed E-state index contributed by atoms with van der Waals surface area (Å²) in [6, 6.07) is 0. The number of allylic oxidation sites excluding steroid dienone is 2. The molecule has 20 heavy (non-hydrogen) atoms. The average Bonchev–Trinajstić information content (AvgIpc) is 2.83. The van der Waals surface area contributed by atoms with E-state index in [4.69, 9.17) is 0 Å². The third-order valence-corrected chi connectivity index (χ3v) is 2.87. The van der Waals surface area contributed by atoms with Gasteiger partial charge in [0.05, 0.1) is 6.42 Å². The van der Waals surface area contributed by atoms with E-state index >= 15 is 0 Å². The van der Waals surface area contributed by atoms with E-state index in [2.05, 4.69) is 36.7 Å².